The number of fused-ring (bicyclic) bond motifs is 1. The third kappa shape index (κ3) is 3.77. The van der Waals surface area contributed by atoms with Crippen molar-refractivity contribution in [3.05, 3.63) is 101 Å². The van der Waals surface area contributed by atoms with Crippen molar-refractivity contribution in [1.82, 2.24) is 0 Å². The van der Waals surface area contributed by atoms with Crippen LogP contribution < -0.4 is 4.90 Å². The van der Waals surface area contributed by atoms with Crippen molar-refractivity contribution in [2.24, 2.45) is 0 Å². The van der Waals surface area contributed by atoms with E-state index in [4.69, 9.17) is 0 Å². The molecular weight excluding hydrogens is 393 g/mol. The van der Waals surface area contributed by atoms with Crippen molar-refractivity contribution >= 4 is 17.4 Å². The molecule has 0 saturated carbocycles. The van der Waals surface area contributed by atoms with E-state index in [1.54, 1.807) is 54.6 Å². The number of halogens is 1. The molecule has 31 heavy (non-hydrogen) atoms. The Morgan fingerprint density at radius 3 is 2.32 bits per heavy atom. The first-order valence-electron chi connectivity index (χ1n) is 10.3. The quantitative estimate of drug-likeness (QED) is 0.577. The van der Waals surface area contributed by atoms with Crippen LogP contribution in [0.15, 0.2) is 72.8 Å². The van der Waals surface area contributed by atoms with Crippen LogP contribution in [-0.4, -0.2) is 16.8 Å². The van der Waals surface area contributed by atoms with Gasteiger partial charge < -0.3 is 10.0 Å². The number of Topliss-reactive ketones (excluding diaryl/α,β-unsaturated/α-hetero) is 1. The molecule has 3 aromatic carbocycles. The van der Waals surface area contributed by atoms with Crippen molar-refractivity contribution in [1.29, 1.82) is 0 Å². The topological polar surface area (TPSA) is 57.6 Å². The number of para-hydroxylation sites is 1. The Bertz CT molecular complexity index is 1140. The van der Waals surface area contributed by atoms with Crippen LogP contribution in [0, 0.1) is 5.82 Å². The minimum absolute atomic E-state index is 0.0257. The maximum absolute atomic E-state index is 14.2. The molecule has 1 aliphatic rings. The molecule has 0 bridgehead atoms. The number of nitrogens with zero attached hydrogens (tertiary/aromatic N) is 1. The molecular formula is C26H24FNO3. The number of anilines is 1. The molecule has 158 valence electrons. The molecule has 4 nitrogen and oxygen atoms in total. The molecule has 1 aliphatic heterocycles. The molecule has 5 heteroatoms. The number of hydrogen-bond donors (Lipinski definition) is 1. The number of hydrogen-bond acceptors (Lipinski definition) is 3. The van der Waals surface area contributed by atoms with Gasteiger partial charge in [0.05, 0.1) is 18.7 Å². The van der Waals surface area contributed by atoms with E-state index < -0.39 is 17.3 Å². The van der Waals surface area contributed by atoms with Crippen LogP contribution in [0.5, 0.6) is 0 Å². The number of benzene rings is 3. The van der Waals surface area contributed by atoms with E-state index in [2.05, 4.69) is 13.8 Å². The second-order valence-electron chi connectivity index (χ2n) is 8.24. The zero-order valence-corrected chi connectivity index (χ0v) is 17.5. The van der Waals surface area contributed by atoms with Gasteiger partial charge >= 0.3 is 0 Å². The van der Waals surface area contributed by atoms with Gasteiger partial charge in [0.15, 0.2) is 11.4 Å². The predicted molar refractivity (Wildman–Crippen MR) is 117 cm³/mol. The molecule has 0 aliphatic carbocycles. The van der Waals surface area contributed by atoms with Crippen molar-refractivity contribution < 1.29 is 19.1 Å². The van der Waals surface area contributed by atoms with E-state index in [9.17, 15) is 19.1 Å². The summed E-state index contributed by atoms with van der Waals surface area (Å²) in [6.07, 6.45) is -0.377. The van der Waals surface area contributed by atoms with E-state index in [1.165, 1.54) is 11.0 Å². The molecule has 1 amide bonds. The van der Waals surface area contributed by atoms with E-state index >= 15 is 0 Å². The van der Waals surface area contributed by atoms with Gasteiger partial charge in [-0.3, -0.25) is 9.59 Å². The summed E-state index contributed by atoms with van der Waals surface area (Å²) < 4.78 is 14.2. The van der Waals surface area contributed by atoms with E-state index in [-0.39, 0.29) is 18.7 Å². The highest BCUT2D eigenvalue weighted by Gasteiger charge is 2.50. The molecule has 1 atom stereocenters. The molecule has 4 rings (SSSR count). The average molecular weight is 417 g/mol. The average Bonchev–Trinajstić information content (AvgIpc) is 2.97. The number of rotatable bonds is 6. The Hall–Kier alpha value is -3.31. The summed E-state index contributed by atoms with van der Waals surface area (Å²) in [7, 11) is 0. The SMILES string of the molecule is CC(C)c1ccc(C(=O)C[C@@]2(O)C(=O)N(Cc3ccccc3F)c3ccccc32)cc1. The second kappa shape index (κ2) is 8.08. The van der Waals surface area contributed by atoms with Gasteiger partial charge in [-0.25, -0.2) is 4.39 Å². The van der Waals surface area contributed by atoms with E-state index in [1.807, 2.05) is 12.1 Å². The number of aliphatic hydroxyl groups is 1. The number of carbonyl (C=O) groups is 2. The Balaban J connectivity index is 1.65. The summed E-state index contributed by atoms with van der Waals surface area (Å²) in [4.78, 5) is 27.6. The molecule has 0 unspecified atom stereocenters. The lowest BCUT2D eigenvalue weighted by atomic mass is 9.87. The van der Waals surface area contributed by atoms with Gasteiger partial charge in [-0.1, -0.05) is 74.5 Å². The summed E-state index contributed by atoms with van der Waals surface area (Å²) >= 11 is 0. The van der Waals surface area contributed by atoms with Gasteiger partial charge in [-0.05, 0) is 23.6 Å². The molecule has 0 radical (unpaired) electrons. The Morgan fingerprint density at radius 2 is 1.65 bits per heavy atom. The van der Waals surface area contributed by atoms with Crippen LogP contribution in [0.1, 0.15) is 53.2 Å². The van der Waals surface area contributed by atoms with E-state index in [0.717, 1.165) is 5.56 Å². The van der Waals surface area contributed by atoms with Crippen LogP contribution in [0.3, 0.4) is 0 Å². The third-order valence-electron chi connectivity index (χ3n) is 5.84. The summed E-state index contributed by atoms with van der Waals surface area (Å²) in [5.41, 5.74) is 0.745. The summed E-state index contributed by atoms with van der Waals surface area (Å²) in [6.45, 7) is 4.11. The fourth-order valence-electron chi connectivity index (χ4n) is 4.02. The largest absolute Gasteiger partial charge is 0.375 e. The van der Waals surface area contributed by atoms with Gasteiger partial charge in [0.1, 0.15) is 5.82 Å². The summed E-state index contributed by atoms with van der Waals surface area (Å²) in [5.74, 6) is -1.04. The molecule has 3 aromatic rings. The predicted octanol–water partition coefficient (Wildman–Crippen LogP) is 4.96. The Morgan fingerprint density at radius 1 is 1.00 bits per heavy atom. The van der Waals surface area contributed by atoms with Crippen molar-refractivity contribution in [2.45, 2.75) is 38.3 Å². The third-order valence-corrected chi connectivity index (χ3v) is 5.84. The molecule has 0 aromatic heterocycles. The second-order valence-corrected chi connectivity index (χ2v) is 8.24. The normalized spacial score (nSPS) is 17.8. The van der Waals surface area contributed by atoms with Crippen molar-refractivity contribution in [2.75, 3.05) is 4.90 Å². The minimum atomic E-state index is -1.99. The molecule has 0 fully saturated rings. The molecule has 1 N–H and O–H groups in total. The zero-order valence-electron chi connectivity index (χ0n) is 17.5. The Kier molecular flexibility index (Phi) is 5.46. The highest BCUT2D eigenvalue weighted by molar-refractivity contribution is 6.10. The fourth-order valence-corrected chi connectivity index (χ4v) is 4.02. The monoisotopic (exact) mass is 417 g/mol. The first-order chi connectivity index (χ1) is 14.8. The van der Waals surface area contributed by atoms with Crippen LogP contribution in [0.25, 0.3) is 0 Å². The molecule has 0 spiro atoms. The molecule has 1 heterocycles. The zero-order chi connectivity index (χ0) is 22.2. The van der Waals surface area contributed by atoms with Gasteiger partial charge in [0.25, 0.3) is 5.91 Å². The lowest BCUT2D eigenvalue weighted by Gasteiger charge is -2.23. The van der Waals surface area contributed by atoms with Gasteiger partial charge in [0, 0.05) is 16.7 Å². The molecule has 0 saturated heterocycles. The maximum atomic E-state index is 14.2. The highest BCUT2D eigenvalue weighted by Crippen LogP contribution is 2.43. The van der Waals surface area contributed by atoms with Crippen LogP contribution in [0.2, 0.25) is 0 Å². The lowest BCUT2D eigenvalue weighted by molar-refractivity contribution is -0.136. The maximum Gasteiger partial charge on any atom is 0.264 e. The van der Waals surface area contributed by atoms with Crippen LogP contribution >= 0.6 is 0 Å². The first kappa shape index (κ1) is 20.9. The number of amides is 1. The Labute approximate surface area is 181 Å². The summed E-state index contributed by atoms with van der Waals surface area (Å²) in [6, 6.07) is 20.2. The lowest BCUT2D eigenvalue weighted by Crippen LogP contribution is -2.41. The van der Waals surface area contributed by atoms with Crippen molar-refractivity contribution in [3.8, 4) is 0 Å². The van der Waals surface area contributed by atoms with Crippen molar-refractivity contribution in [3.63, 3.8) is 0 Å². The minimum Gasteiger partial charge on any atom is -0.375 e. The fraction of sp³-hybridized carbons (Fsp3) is 0.231. The first-order valence-corrected chi connectivity index (χ1v) is 10.3. The number of carbonyl (C=O) groups excluding carboxylic acids is 2. The smallest absolute Gasteiger partial charge is 0.264 e. The van der Waals surface area contributed by atoms with Crippen LogP contribution in [-0.2, 0) is 16.9 Å². The van der Waals surface area contributed by atoms with Gasteiger partial charge in [0.2, 0.25) is 0 Å². The van der Waals surface area contributed by atoms with Gasteiger partial charge in [-0.2, -0.15) is 0 Å². The standard InChI is InChI=1S/C26H24FNO3/c1-17(2)18-11-13-19(14-12-18)24(29)15-26(31)21-8-4-6-10-23(21)28(25(26)30)16-20-7-3-5-9-22(20)27/h3-14,17,31H,15-16H2,1-2H3/t26-/m0/s1. The van der Waals surface area contributed by atoms with Crippen LogP contribution in [0.4, 0.5) is 10.1 Å². The van der Waals surface area contributed by atoms with E-state index in [0.29, 0.717) is 28.3 Å². The summed E-state index contributed by atoms with van der Waals surface area (Å²) in [5, 5.41) is 11.4. The van der Waals surface area contributed by atoms with Gasteiger partial charge in [-0.15, -0.1) is 0 Å². The number of ketones is 1. The highest BCUT2D eigenvalue weighted by atomic mass is 19.1.